The van der Waals surface area contributed by atoms with Crippen molar-refractivity contribution in [3.63, 3.8) is 0 Å². The molecule has 0 amide bonds. The van der Waals surface area contributed by atoms with Gasteiger partial charge in [0.1, 0.15) is 0 Å². The van der Waals surface area contributed by atoms with Crippen molar-refractivity contribution in [1.29, 1.82) is 0 Å². The van der Waals surface area contributed by atoms with E-state index in [-0.39, 0.29) is 0 Å². The van der Waals surface area contributed by atoms with E-state index in [1.165, 1.54) is 48.6 Å². The number of hydrogen-bond acceptors (Lipinski definition) is 2. The Bertz CT molecular complexity index is 695. The molecule has 0 bridgehead atoms. The first-order valence-electron chi connectivity index (χ1n) is 8.41. The van der Waals surface area contributed by atoms with Gasteiger partial charge in [0.05, 0.1) is 16.7 Å². The van der Waals surface area contributed by atoms with Gasteiger partial charge in [-0.25, -0.2) is 4.98 Å². The number of pyridine rings is 1. The molecule has 0 atom stereocenters. The number of hydrogen-bond donors (Lipinski definition) is 1. The van der Waals surface area contributed by atoms with Crippen LogP contribution in [-0.4, -0.2) is 11.5 Å². The topological polar surface area (TPSA) is 24.9 Å². The zero-order chi connectivity index (χ0) is 15.2. The van der Waals surface area contributed by atoms with Crippen molar-refractivity contribution in [2.75, 3.05) is 11.9 Å². The molecule has 3 rings (SSSR count). The summed E-state index contributed by atoms with van der Waals surface area (Å²) in [5.74, 6) is 0. The largest absolute Gasteiger partial charge is 0.384 e. The van der Waals surface area contributed by atoms with Crippen LogP contribution in [-0.2, 0) is 0 Å². The maximum absolute atomic E-state index is 4.77. The summed E-state index contributed by atoms with van der Waals surface area (Å²) < 4.78 is 0. The number of para-hydroxylation sites is 2. The predicted molar refractivity (Wildman–Crippen MR) is 96.5 cm³/mol. The van der Waals surface area contributed by atoms with Crippen molar-refractivity contribution < 1.29 is 0 Å². The van der Waals surface area contributed by atoms with Crippen LogP contribution in [0, 0.1) is 0 Å². The van der Waals surface area contributed by atoms with E-state index in [1.807, 2.05) is 0 Å². The van der Waals surface area contributed by atoms with E-state index in [4.69, 9.17) is 4.98 Å². The van der Waals surface area contributed by atoms with Gasteiger partial charge in [0.15, 0.2) is 0 Å². The molecule has 0 spiro atoms. The molecule has 114 valence electrons. The minimum Gasteiger partial charge on any atom is -0.384 e. The summed E-state index contributed by atoms with van der Waals surface area (Å²) in [6, 6.07) is 16.8. The van der Waals surface area contributed by atoms with E-state index in [1.54, 1.807) is 0 Å². The molecule has 0 aliphatic carbocycles. The highest BCUT2D eigenvalue weighted by molar-refractivity contribution is 6.07. The van der Waals surface area contributed by atoms with Crippen LogP contribution < -0.4 is 5.32 Å². The van der Waals surface area contributed by atoms with Gasteiger partial charge in [-0.2, -0.15) is 0 Å². The summed E-state index contributed by atoms with van der Waals surface area (Å²) in [6.45, 7) is 3.29. The summed E-state index contributed by atoms with van der Waals surface area (Å²) in [5.41, 5.74) is 3.36. The number of benzene rings is 2. The van der Waals surface area contributed by atoms with Crippen LogP contribution in [0.5, 0.6) is 0 Å². The van der Waals surface area contributed by atoms with Gasteiger partial charge in [-0.3, -0.25) is 0 Å². The van der Waals surface area contributed by atoms with E-state index < -0.39 is 0 Å². The summed E-state index contributed by atoms with van der Waals surface area (Å²) in [4.78, 5) is 4.77. The van der Waals surface area contributed by atoms with Crippen LogP contribution in [0.4, 0.5) is 5.69 Å². The number of aromatic nitrogens is 1. The fourth-order valence-electron chi connectivity index (χ4n) is 2.97. The molecule has 22 heavy (non-hydrogen) atoms. The summed E-state index contributed by atoms with van der Waals surface area (Å²) in [7, 11) is 0. The maximum atomic E-state index is 4.77. The van der Waals surface area contributed by atoms with Gasteiger partial charge >= 0.3 is 0 Å². The normalized spacial score (nSPS) is 11.1. The Morgan fingerprint density at radius 1 is 0.773 bits per heavy atom. The first kappa shape index (κ1) is 14.8. The lowest BCUT2D eigenvalue weighted by molar-refractivity contribution is 0.645. The second kappa shape index (κ2) is 7.26. The molecule has 0 saturated carbocycles. The summed E-state index contributed by atoms with van der Waals surface area (Å²) in [5, 5.41) is 6.10. The van der Waals surface area contributed by atoms with Gasteiger partial charge in [0.25, 0.3) is 0 Å². The zero-order valence-electron chi connectivity index (χ0n) is 13.3. The van der Waals surface area contributed by atoms with Crippen molar-refractivity contribution in [1.82, 2.24) is 4.98 Å². The Morgan fingerprint density at radius 3 is 2.00 bits per heavy atom. The first-order valence-corrected chi connectivity index (χ1v) is 8.41. The fourth-order valence-corrected chi connectivity index (χ4v) is 2.97. The lowest BCUT2D eigenvalue weighted by Gasteiger charge is -2.13. The number of nitrogens with one attached hydrogen (secondary N) is 1. The molecule has 0 saturated heterocycles. The maximum Gasteiger partial charge on any atom is 0.0730 e. The van der Waals surface area contributed by atoms with Crippen LogP contribution in [0.1, 0.15) is 39.0 Å². The zero-order valence-corrected chi connectivity index (χ0v) is 13.3. The molecular weight excluding hydrogens is 268 g/mol. The van der Waals surface area contributed by atoms with E-state index in [2.05, 4.69) is 60.8 Å². The van der Waals surface area contributed by atoms with Crippen LogP contribution in [0.3, 0.4) is 0 Å². The van der Waals surface area contributed by atoms with Gasteiger partial charge in [-0.1, -0.05) is 69.0 Å². The minimum absolute atomic E-state index is 1.03. The number of anilines is 1. The van der Waals surface area contributed by atoms with Crippen molar-refractivity contribution in [3.8, 4) is 0 Å². The van der Waals surface area contributed by atoms with Gasteiger partial charge in [-0.05, 0) is 18.6 Å². The van der Waals surface area contributed by atoms with Crippen molar-refractivity contribution in [2.45, 2.75) is 39.0 Å². The van der Waals surface area contributed by atoms with Crippen molar-refractivity contribution >= 4 is 27.5 Å². The fraction of sp³-hybridized carbons (Fsp3) is 0.350. The standard InChI is InChI=1S/C20H24N2/c1-2-3-4-5-10-15-21-20-16-11-6-8-13-18(16)22-19-14-9-7-12-17(19)20/h6-9,11-14H,2-5,10,15H2,1H3,(H,21,22). The molecule has 1 N–H and O–H groups in total. The molecule has 1 aromatic heterocycles. The Morgan fingerprint density at radius 2 is 1.36 bits per heavy atom. The molecule has 0 fully saturated rings. The summed E-state index contributed by atoms with van der Waals surface area (Å²) in [6.07, 6.45) is 6.52. The highest BCUT2D eigenvalue weighted by Crippen LogP contribution is 2.30. The molecule has 0 aliphatic rings. The lowest BCUT2D eigenvalue weighted by atomic mass is 10.1. The molecule has 2 nitrogen and oxygen atoms in total. The quantitative estimate of drug-likeness (QED) is 0.441. The number of rotatable bonds is 7. The Balaban J connectivity index is 1.85. The first-order chi connectivity index (χ1) is 10.9. The van der Waals surface area contributed by atoms with E-state index in [0.717, 1.165) is 17.6 Å². The van der Waals surface area contributed by atoms with E-state index in [9.17, 15) is 0 Å². The number of unbranched alkanes of at least 4 members (excludes halogenated alkanes) is 4. The minimum atomic E-state index is 1.03. The van der Waals surface area contributed by atoms with Crippen LogP contribution >= 0.6 is 0 Å². The molecule has 0 unspecified atom stereocenters. The Kier molecular flexibility index (Phi) is 4.89. The van der Waals surface area contributed by atoms with Gasteiger partial charge in [0, 0.05) is 17.3 Å². The van der Waals surface area contributed by atoms with Crippen LogP contribution in [0.2, 0.25) is 0 Å². The van der Waals surface area contributed by atoms with Gasteiger partial charge < -0.3 is 5.32 Å². The van der Waals surface area contributed by atoms with Crippen molar-refractivity contribution in [2.24, 2.45) is 0 Å². The molecule has 2 aromatic carbocycles. The average Bonchev–Trinajstić information content (AvgIpc) is 2.57. The second-order valence-corrected chi connectivity index (χ2v) is 5.86. The van der Waals surface area contributed by atoms with Gasteiger partial charge in [0.2, 0.25) is 0 Å². The summed E-state index contributed by atoms with van der Waals surface area (Å²) >= 11 is 0. The molecule has 0 radical (unpaired) electrons. The molecule has 2 heteroatoms. The predicted octanol–water partition coefficient (Wildman–Crippen LogP) is 5.77. The van der Waals surface area contributed by atoms with Gasteiger partial charge in [-0.15, -0.1) is 0 Å². The monoisotopic (exact) mass is 292 g/mol. The van der Waals surface area contributed by atoms with Crippen LogP contribution in [0.15, 0.2) is 48.5 Å². The molecule has 3 aromatic rings. The molecular formula is C20H24N2. The SMILES string of the molecule is CCCCCCCNc1c2ccccc2nc2ccccc12. The third-order valence-corrected chi connectivity index (χ3v) is 4.17. The Labute approximate surface area is 132 Å². The molecule has 1 heterocycles. The third kappa shape index (κ3) is 3.22. The van der Waals surface area contributed by atoms with Crippen molar-refractivity contribution in [3.05, 3.63) is 48.5 Å². The lowest BCUT2D eigenvalue weighted by Crippen LogP contribution is -2.03. The number of fused-ring (bicyclic) bond motifs is 2. The number of nitrogens with zero attached hydrogens (tertiary/aromatic N) is 1. The molecule has 0 aliphatic heterocycles. The van der Waals surface area contributed by atoms with Crippen LogP contribution in [0.25, 0.3) is 21.8 Å². The van der Waals surface area contributed by atoms with E-state index in [0.29, 0.717) is 0 Å². The van der Waals surface area contributed by atoms with E-state index >= 15 is 0 Å². The highest BCUT2D eigenvalue weighted by Gasteiger charge is 2.07. The second-order valence-electron chi connectivity index (χ2n) is 5.86. The Hall–Kier alpha value is -2.09. The third-order valence-electron chi connectivity index (χ3n) is 4.17. The average molecular weight is 292 g/mol. The smallest absolute Gasteiger partial charge is 0.0730 e. The highest BCUT2D eigenvalue weighted by atomic mass is 14.9.